The molecule has 0 radical (unpaired) electrons. The lowest BCUT2D eigenvalue weighted by atomic mass is 9.91. The monoisotopic (exact) mass is 383 g/mol. The van der Waals surface area contributed by atoms with Gasteiger partial charge < -0.3 is 15.0 Å². The molecule has 2 fully saturated rings. The zero-order valence-electron chi connectivity index (χ0n) is 16.7. The van der Waals surface area contributed by atoms with E-state index < -0.39 is 0 Å². The van der Waals surface area contributed by atoms with Gasteiger partial charge in [-0.15, -0.1) is 0 Å². The van der Waals surface area contributed by atoms with Crippen LogP contribution in [0.5, 0.6) is 0 Å². The van der Waals surface area contributed by atoms with E-state index in [4.69, 9.17) is 4.74 Å². The van der Waals surface area contributed by atoms with Gasteiger partial charge in [0.2, 0.25) is 0 Å². The van der Waals surface area contributed by atoms with Crippen molar-refractivity contribution in [1.82, 2.24) is 19.7 Å². The van der Waals surface area contributed by atoms with Crippen molar-refractivity contribution >= 4 is 17.3 Å². The number of nitrogens with zero attached hydrogens (tertiary/aromatic N) is 4. The fourth-order valence-corrected chi connectivity index (χ4v) is 4.30. The van der Waals surface area contributed by atoms with Crippen LogP contribution in [0, 0.1) is 6.92 Å². The first-order chi connectivity index (χ1) is 13.7. The maximum absolute atomic E-state index is 12.0. The Bertz CT molecular complexity index is 830. The minimum atomic E-state index is -0.380. The van der Waals surface area contributed by atoms with Crippen LogP contribution >= 0.6 is 0 Å². The molecule has 2 aromatic rings. The number of rotatable bonds is 5. The second-order valence-corrected chi connectivity index (χ2v) is 7.83. The molecule has 1 aliphatic carbocycles. The molecule has 0 bridgehead atoms. The van der Waals surface area contributed by atoms with Gasteiger partial charge in [0, 0.05) is 18.8 Å². The highest BCUT2D eigenvalue weighted by Gasteiger charge is 2.28. The average molecular weight is 383 g/mol. The van der Waals surface area contributed by atoms with Gasteiger partial charge in [0.05, 0.1) is 48.2 Å². The Hall–Kier alpha value is -2.41. The third kappa shape index (κ3) is 3.76. The molecular weight excluding hydrogens is 354 g/mol. The Morgan fingerprint density at radius 2 is 1.93 bits per heavy atom. The van der Waals surface area contributed by atoms with Crippen molar-refractivity contribution in [1.29, 1.82) is 0 Å². The van der Waals surface area contributed by atoms with Crippen molar-refractivity contribution in [2.75, 3.05) is 25.5 Å². The highest BCUT2D eigenvalue weighted by molar-refractivity contribution is 5.96. The number of ether oxygens (including phenoxy) is 1. The molecule has 3 heterocycles. The fraction of sp³-hybridized carbons (Fsp3) is 0.571. The van der Waals surface area contributed by atoms with Crippen LogP contribution < -0.4 is 5.32 Å². The molecule has 2 aromatic heterocycles. The van der Waals surface area contributed by atoms with Gasteiger partial charge in [-0.25, -0.2) is 4.79 Å². The van der Waals surface area contributed by atoms with Crippen molar-refractivity contribution in [3.05, 3.63) is 35.9 Å². The lowest BCUT2D eigenvalue weighted by Gasteiger charge is -2.36. The number of esters is 1. The van der Waals surface area contributed by atoms with Crippen molar-refractivity contribution in [3.8, 4) is 0 Å². The topological polar surface area (TPSA) is 72.3 Å². The summed E-state index contributed by atoms with van der Waals surface area (Å²) in [5.41, 5.74) is 3.09. The molecule has 1 saturated carbocycles. The SMILES string of the molecule is COC(=O)c1ccncc1Nc1cnn([C@H]2CCCN(C3CCC3)CC2)c1C. The molecule has 1 atom stereocenters. The van der Waals surface area contributed by atoms with Crippen LogP contribution in [0.2, 0.25) is 0 Å². The molecular formula is C21H29N5O2. The minimum Gasteiger partial charge on any atom is -0.465 e. The van der Waals surface area contributed by atoms with E-state index in [1.54, 1.807) is 18.5 Å². The second kappa shape index (κ2) is 8.31. The Morgan fingerprint density at radius 3 is 2.68 bits per heavy atom. The van der Waals surface area contributed by atoms with E-state index in [1.807, 2.05) is 6.20 Å². The van der Waals surface area contributed by atoms with Crippen LogP contribution in [0.4, 0.5) is 11.4 Å². The first kappa shape index (κ1) is 18.9. The summed E-state index contributed by atoms with van der Waals surface area (Å²) in [4.78, 5) is 18.8. The lowest BCUT2D eigenvalue weighted by Crippen LogP contribution is -2.40. The molecule has 1 saturated heterocycles. The Balaban J connectivity index is 1.48. The van der Waals surface area contributed by atoms with Crippen molar-refractivity contribution in [2.45, 2.75) is 57.5 Å². The summed E-state index contributed by atoms with van der Waals surface area (Å²) < 4.78 is 7.02. The number of likely N-dealkylation sites (tertiary alicyclic amines) is 1. The largest absolute Gasteiger partial charge is 0.465 e. The molecule has 7 heteroatoms. The highest BCUT2D eigenvalue weighted by atomic mass is 16.5. The van der Waals surface area contributed by atoms with Gasteiger partial charge in [0.1, 0.15) is 0 Å². The fourth-order valence-electron chi connectivity index (χ4n) is 4.30. The lowest BCUT2D eigenvalue weighted by molar-refractivity contribution is 0.0602. The molecule has 0 amide bonds. The highest BCUT2D eigenvalue weighted by Crippen LogP contribution is 2.32. The molecule has 4 rings (SSSR count). The third-order valence-electron chi connectivity index (χ3n) is 6.21. The predicted octanol–water partition coefficient (Wildman–Crippen LogP) is 3.70. The maximum Gasteiger partial charge on any atom is 0.340 e. The van der Waals surface area contributed by atoms with E-state index >= 15 is 0 Å². The van der Waals surface area contributed by atoms with Gasteiger partial charge in [-0.1, -0.05) is 6.42 Å². The zero-order valence-corrected chi connectivity index (χ0v) is 16.7. The number of pyridine rings is 1. The molecule has 1 aliphatic heterocycles. The Morgan fingerprint density at radius 1 is 1.11 bits per heavy atom. The number of carbonyl (C=O) groups is 1. The van der Waals surface area contributed by atoms with Crippen molar-refractivity contribution in [2.24, 2.45) is 0 Å². The molecule has 0 unspecified atom stereocenters. The first-order valence-corrected chi connectivity index (χ1v) is 10.2. The van der Waals surface area contributed by atoms with Crippen molar-refractivity contribution < 1.29 is 9.53 Å². The van der Waals surface area contributed by atoms with Crippen LogP contribution in [0.1, 0.15) is 60.6 Å². The average Bonchev–Trinajstić information content (AvgIpc) is 2.88. The third-order valence-corrected chi connectivity index (χ3v) is 6.21. The van der Waals surface area contributed by atoms with Gasteiger partial charge in [-0.05, 0) is 51.6 Å². The Labute approximate surface area is 166 Å². The molecule has 2 aliphatic rings. The molecule has 0 spiro atoms. The van der Waals surface area contributed by atoms with Crippen LogP contribution in [0.25, 0.3) is 0 Å². The number of nitrogens with one attached hydrogen (secondary N) is 1. The number of hydrogen-bond acceptors (Lipinski definition) is 6. The van der Waals surface area contributed by atoms with Gasteiger partial charge >= 0.3 is 5.97 Å². The number of anilines is 2. The van der Waals surface area contributed by atoms with Crippen LogP contribution in [0.15, 0.2) is 24.7 Å². The summed E-state index contributed by atoms with van der Waals surface area (Å²) in [7, 11) is 1.38. The quantitative estimate of drug-likeness (QED) is 0.794. The van der Waals surface area contributed by atoms with E-state index in [0.29, 0.717) is 17.3 Å². The van der Waals surface area contributed by atoms with Crippen LogP contribution in [-0.4, -0.2) is 51.9 Å². The number of aromatic nitrogens is 3. The van der Waals surface area contributed by atoms with Crippen molar-refractivity contribution in [3.63, 3.8) is 0 Å². The molecule has 1 N–H and O–H groups in total. The second-order valence-electron chi connectivity index (χ2n) is 7.83. The van der Waals surface area contributed by atoms with Gasteiger partial charge in [0.25, 0.3) is 0 Å². The minimum absolute atomic E-state index is 0.380. The number of methoxy groups -OCH3 is 1. The van der Waals surface area contributed by atoms with Crippen LogP contribution in [0.3, 0.4) is 0 Å². The summed E-state index contributed by atoms with van der Waals surface area (Å²) in [5.74, 6) is -0.380. The molecule has 150 valence electrons. The van der Waals surface area contributed by atoms with Crippen LogP contribution in [-0.2, 0) is 4.74 Å². The summed E-state index contributed by atoms with van der Waals surface area (Å²) in [6, 6.07) is 2.90. The van der Waals surface area contributed by atoms with Gasteiger partial charge in [0.15, 0.2) is 0 Å². The maximum atomic E-state index is 12.0. The molecule has 0 aromatic carbocycles. The van der Waals surface area contributed by atoms with E-state index in [9.17, 15) is 4.79 Å². The Kier molecular flexibility index (Phi) is 5.62. The number of carbonyl (C=O) groups excluding carboxylic acids is 1. The number of hydrogen-bond donors (Lipinski definition) is 1. The molecule has 7 nitrogen and oxygen atoms in total. The van der Waals surface area contributed by atoms with E-state index in [1.165, 1.54) is 39.3 Å². The van der Waals surface area contributed by atoms with E-state index in [2.05, 4.69) is 31.9 Å². The van der Waals surface area contributed by atoms with E-state index in [-0.39, 0.29) is 5.97 Å². The standard InChI is InChI=1S/C21H29N5O2/c1-15-19(24-20-13-22-10-8-18(20)21(27)28-2)14-23-26(15)17-7-4-11-25(12-9-17)16-5-3-6-16/h8,10,13-14,16-17,24H,3-7,9,11-12H2,1-2H3/t17-/m0/s1. The smallest absolute Gasteiger partial charge is 0.340 e. The summed E-state index contributed by atoms with van der Waals surface area (Å²) in [6.45, 7) is 4.45. The summed E-state index contributed by atoms with van der Waals surface area (Å²) in [5, 5.41) is 7.99. The normalized spacial score (nSPS) is 21.0. The molecule has 28 heavy (non-hydrogen) atoms. The van der Waals surface area contributed by atoms with Gasteiger partial charge in [-0.3, -0.25) is 9.67 Å². The summed E-state index contributed by atoms with van der Waals surface area (Å²) in [6.07, 6.45) is 12.7. The summed E-state index contributed by atoms with van der Waals surface area (Å²) >= 11 is 0. The van der Waals surface area contributed by atoms with Gasteiger partial charge in [-0.2, -0.15) is 5.10 Å². The predicted molar refractivity (Wildman–Crippen MR) is 108 cm³/mol. The zero-order chi connectivity index (χ0) is 19.5. The van der Waals surface area contributed by atoms with E-state index in [0.717, 1.165) is 36.8 Å². The first-order valence-electron chi connectivity index (χ1n) is 10.2.